The topological polar surface area (TPSA) is 49.3 Å². The van der Waals surface area contributed by atoms with Crippen LogP contribution in [0.1, 0.15) is 32.1 Å². The van der Waals surface area contributed by atoms with E-state index in [0.29, 0.717) is 12.2 Å². The van der Waals surface area contributed by atoms with Crippen LogP contribution >= 0.6 is 12.6 Å². The summed E-state index contributed by atoms with van der Waals surface area (Å²) in [6.45, 7) is 1.02. The zero-order chi connectivity index (χ0) is 9.94. The Labute approximate surface area is 85.3 Å². The Kier molecular flexibility index (Phi) is 9.70. The van der Waals surface area contributed by atoms with Gasteiger partial charge in [0.05, 0.1) is 0 Å². The van der Waals surface area contributed by atoms with Crippen LogP contribution in [0.15, 0.2) is 0 Å². The van der Waals surface area contributed by atoms with Crippen LogP contribution in [0.4, 0.5) is 0 Å². The lowest BCUT2D eigenvalue weighted by atomic mass is 10.2. The van der Waals surface area contributed by atoms with E-state index in [2.05, 4.69) is 17.9 Å². The molecule has 0 atom stereocenters. The number of carbonyl (C=O) groups is 1. The van der Waals surface area contributed by atoms with Gasteiger partial charge in [-0.15, -0.1) is 0 Å². The van der Waals surface area contributed by atoms with E-state index in [4.69, 9.17) is 5.11 Å². The molecule has 0 radical (unpaired) electrons. The Morgan fingerprint density at radius 2 is 1.92 bits per heavy atom. The van der Waals surface area contributed by atoms with E-state index in [1.807, 2.05) is 0 Å². The molecule has 0 bridgehead atoms. The van der Waals surface area contributed by atoms with E-state index >= 15 is 0 Å². The third-order valence-corrected chi connectivity index (χ3v) is 1.97. The Morgan fingerprint density at radius 1 is 1.23 bits per heavy atom. The molecule has 0 aliphatic carbocycles. The molecule has 0 aromatic carbocycles. The average Bonchev–Trinajstić information content (AvgIpc) is 2.11. The summed E-state index contributed by atoms with van der Waals surface area (Å²) in [5, 5.41) is 11.3. The van der Waals surface area contributed by atoms with E-state index in [1.165, 1.54) is 0 Å². The van der Waals surface area contributed by atoms with Crippen molar-refractivity contribution in [1.82, 2.24) is 5.32 Å². The summed E-state index contributed by atoms with van der Waals surface area (Å²) in [5.74, 6) is 0.688. The number of aliphatic hydroxyl groups is 1. The standard InChI is InChI=1S/C9H19NO2S/c11-7-4-2-1-3-6-10-9(12)5-8-13/h11,13H,1-8H2,(H,10,12). The van der Waals surface area contributed by atoms with Crippen LogP contribution in [0.25, 0.3) is 0 Å². The molecule has 0 rings (SSSR count). The van der Waals surface area contributed by atoms with Gasteiger partial charge in [0.25, 0.3) is 0 Å². The van der Waals surface area contributed by atoms with Crippen LogP contribution in [-0.2, 0) is 4.79 Å². The highest BCUT2D eigenvalue weighted by molar-refractivity contribution is 7.80. The molecule has 0 fully saturated rings. The molecule has 0 aromatic heterocycles. The molecule has 0 unspecified atom stereocenters. The van der Waals surface area contributed by atoms with Crippen molar-refractivity contribution in [3.05, 3.63) is 0 Å². The van der Waals surface area contributed by atoms with Crippen molar-refractivity contribution in [2.75, 3.05) is 18.9 Å². The molecule has 0 saturated carbocycles. The lowest BCUT2D eigenvalue weighted by Crippen LogP contribution is -2.24. The van der Waals surface area contributed by atoms with Gasteiger partial charge in [-0.3, -0.25) is 4.79 Å². The van der Waals surface area contributed by atoms with Gasteiger partial charge in [-0.1, -0.05) is 12.8 Å². The van der Waals surface area contributed by atoms with Crippen molar-refractivity contribution in [2.24, 2.45) is 0 Å². The first-order valence-electron chi connectivity index (χ1n) is 4.79. The number of rotatable bonds is 8. The number of aliphatic hydroxyl groups excluding tert-OH is 1. The maximum Gasteiger partial charge on any atom is 0.220 e. The van der Waals surface area contributed by atoms with Crippen molar-refractivity contribution >= 4 is 18.5 Å². The van der Waals surface area contributed by atoms with Crippen molar-refractivity contribution in [1.29, 1.82) is 0 Å². The molecule has 0 aliphatic heterocycles. The highest BCUT2D eigenvalue weighted by atomic mass is 32.1. The Hall–Kier alpha value is -0.220. The predicted molar refractivity (Wildman–Crippen MR) is 57.0 cm³/mol. The van der Waals surface area contributed by atoms with Gasteiger partial charge in [0.1, 0.15) is 0 Å². The highest BCUT2D eigenvalue weighted by Gasteiger charge is 1.97. The minimum atomic E-state index is 0.0807. The van der Waals surface area contributed by atoms with Crippen LogP contribution < -0.4 is 5.32 Å². The molecule has 13 heavy (non-hydrogen) atoms. The maximum absolute atomic E-state index is 10.9. The van der Waals surface area contributed by atoms with Crippen molar-refractivity contribution in [3.8, 4) is 0 Å². The monoisotopic (exact) mass is 205 g/mol. The molecule has 0 spiro atoms. The minimum absolute atomic E-state index is 0.0807. The molecule has 0 heterocycles. The summed E-state index contributed by atoms with van der Waals surface area (Å²) in [6.07, 6.45) is 4.48. The number of carbonyl (C=O) groups excluding carboxylic acids is 1. The van der Waals surface area contributed by atoms with Gasteiger partial charge in [-0.2, -0.15) is 12.6 Å². The van der Waals surface area contributed by atoms with E-state index in [-0.39, 0.29) is 12.5 Å². The first-order valence-corrected chi connectivity index (χ1v) is 5.43. The number of hydrogen-bond acceptors (Lipinski definition) is 3. The number of unbranched alkanes of at least 4 members (excludes halogenated alkanes) is 3. The summed E-state index contributed by atoms with van der Waals surface area (Å²) >= 11 is 3.96. The van der Waals surface area contributed by atoms with Gasteiger partial charge in [-0.25, -0.2) is 0 Å². The van der Waals surface area contributed by atoms with Crippen molar-refractivity contribution < 1.29 is 9.90 Å². The lowest BCUT2D eigenvalue weighted by molar-refractivity contribution is -0.120. The molecular formula is C9H19NO2S. The quantitative estimate of drug-likeness (QED) is 0.408. The van der Waals surface area contributed by atoms with Gasteiger partial charge in [0.2, 0.25) is 5.91 Å². The van der Waals surface area contributed by atoms with Gasteiger partial charge in [-0.05, 0) is 18.6 Å². The van der Waals surface area contributed by atoms with Crippen LogP contribution in [-0.4, -0.2) is 29.9 Å². The second-order valence-corrected chi connectivity index (χ2v) is 3.41. The number of hydrogen-bond donors (Lipinski definition) is 3. The zero-order valence-electron chi connectivity index (χ0n) is 7.96. The molecule has 3 nitrogen and oxygen atoms in total. The number of amides is 1. The van der Waals surface area contributed by atoms with Gasteiger partial charge >= 0.3 is 0 Å². The molecule has 0 aliphatic rings. The minimum Gasteiger partial charge on any atom is -0.396 e. The third kappa shape index (κ3) is 9.70. The van der Waals surface area contributed by atoms with Crippen LogP contribution in [0, 0.1) is 0 Å². The summed E-state index contributed by atoms with van der Waals surface area (Å²) in [6, 6.07) is 0. The van der Waals surface area contributed by atoms with E-state index in [1.54, 1.807) is 0 Å². The fourth-order valence-corrected chi connectivity index (χ4v) is 1.21. The molecular weight excluding hydrogens is 186 g/mol. The van der Waals surface area contributed by atoms with Gasteiger partial charge in [0, 0.05) is 19.6 Å². The molecule has 1 amide bonds. The molecule has 78 valence electrons. The van der Waals surface area contributed by atoms with Crippen LogP contribution in [0.5, 0.6) is 0 Å². The molecule has 4 heteroatoms. The van der Waals surface area contributed by atoms with Gasteiger partial charge in [0.15, 0.2) is 0 Å². The summed E-state index contributed by atoms with van der Waals surface area (Å²) in [5.41, 5.74) is 0. The second-order valence-electron chi connectivity index (χ2n) is 2.96. The molecule has 0 aromatic rings. The normalized spacial score (nSPS) is 10.0. The maximum atomic E-state index is 10.9. The second kappa shape index (κ2) is 9.86. The summed E-state index contributed by atoms with van der Waals surface area (Å²) in [4.78, 5) is 10.9. The third-order valence-electron chi connectivity index (χ3n) is 1.75. The summed E-state index contributed by atoms with van der Waals surface area (Å²) < 4.78 is 0. The SMILES string of the molecule is O=C(CCS)NCCCCCCO. The fraction of sp³-hybridized carbons (Fsp3) is 0.889. The Balaban J connectivity index is 3.02. The van der Waals surface area contributed by atoms with Crippen LogP contribution in [0.3, 0.4) is 0 Å². The van der Waals surface area contributed by atoms with Crippen molar-refractivity contribution in [3.63, 3.8) is 0 Å². The number of thiol groups is 1. The molecule has 2 N–H and O–H groups in total. The average molecular weight is 205 g/mol. The lowest BCUT2D eigenvalue weighted by Gasteiger charge is -2.03. The van der Waals surface area contributed by atoms with E-state index in [0.717, 1.165) is 32.2 Å². The zero-order valence-corrected chi connectivity index (χ0v) is 8.85. The van der Waals surface area contributed by atoms with Crippen molar-refractivity contribution in [2.45, 2.75) is 32.1 Å². The van der Waals surface area contributed by atoms with Gasteiger partial charge < -0.3 is 10.4 Å². The van der Waals surface area contributed by atoms with E-state index in [9.17, 15) is 4.79 Å². The largest absolute Gasteiger partial charge is 0.396 e. The van der Waals surface area contributed by atoms with E-state index < -0.39 is 0 Å². The fourth-order valence-electron chi connectivity index (χ4n) is 1.01. The first kappa shape index (κ1) is 12.8. The Morgan fingerprint density at radius 3 is 2.54 bits per heavy atom. The number of nitrogens with one attached hydrogen (secondary N) is 1. The predicted octanol–water partition coefficient (Wildman–Crippen LogP) is 0.975. The molecule has 0 saturated heterocycles. The smallest absolute Gasteiger partial charge is 0.220 e. The Bertz CT molecular complexity index is 131. The highest BCUT2D eigenvalue weighted by Crippen LogP contribution is 1.97. The summed E-state index contributed by atoms with van der Waals surface area (Å²) in [7, 11) is 0. The van der Waals surface area contributed by atoms with Crippen LogP contribution in [0.2, 0.25) is 0 Å². The first-order chi connectivity index (χ1) is 6.31.